The van der Waals surface area contributed by atoms with Crippen LogP contribution in [0.2, 0.25) is 0 Å². The smallest absolute Gasteiger partial charge is 0.193 e. The van der Waals surface area contributed by atoms with E-state index < -0.39 is 0 Å². The molecule has 0 radical (unpaired) electrons. The average Bonchev–Trinajstić information content (AvgIpc) is 2.62. The van der Waals surface area contributed by atoms with E-state index in [1.165, 1.54) is 10.5 Å². The highest BCUT2D eigenvalue weighted by Gasteiger charge is 2.06. The van der Waals surface area contributed by atoms with Crippen LogP contribution < -0.4 is 5.32 Å². The van der Waals surface area contributed by atoms with Crippen LogP contribution in [0.25, 0.3) is 0 Å². The molecular formula is C19H26N4S. The minimum absolute atomic E-state index is 0.731. The molecule has 5 heteroatoms. The van der Waals surface area contributed by atoms with Crippen molar-refractivity contribution in [3.8, 4) is 0 Å². The van der Waals surface area contributed by atoms with E-state index in [0.29, 0.717) is 0 Å². The number of rotatable bonds is 7. The first kappa shape index (κ1) is 18.3. The molecule has 0 amide bonds. The van der Waals surface area contributed by atoms with E-state index >= 15 is 0 Å². The summed E-state index contributed by atoms with van der Waals surface area (Å²) < 4.78 is 0. The van der Waals surface area contributed by atoms with Crippen molar-refractivity contribution in [2.75, 3.05) is 26.4 Å². The summed E-state index contributed by atoms with van der Waals surface area (Å²) in [6.45, 7) is 4.52. The van der Waals surface area contributed by atoms with Gasteiger partial charge >= 0.3 is 0 Å². The number of nitrogens with zero attached hydrogens (tertiary/aromatic N) is 3. The Morgan fingerprint density at radius 3 is 2.62 bits per heavy atom. The standard InChI is InChI=1S/C19H26N4S/c1-4-20-19(22-14-12-17-7-5-6-13-21-17)23(2)15-16-8-10-18(24-3)11-9-16/h5-11,13H,4,12,14-15H2,1-3H3,(H,20,22). The molecule has 0 aliphatic carbocycles. The number of aromatic nitrogens is 1. The van der Waals surface area contributed by atoms with E-state index in [-0.39, 0.29) is 0 Å². The molecule has 128 valence electrons. The van der Waals surface area contributed by atoms with Crippen molar-refractivity contribution in [3.63, 3.8) is 0 Å². The van der Waals surface area contributed by atoms with Gasteiger partial charge in [0.1, 0.15) is 0 Å². The molecule has 0 saturated heterocycles. The van der Waals surface area contributed by atoms with Crippen molar-refractivity contribution in [2.24, 2.45) is 4.99 Å². The van der Waals surface area contributed by atoms with Gasteiger partial charge in [0.25, 0.3) is 0 Å². The molecular weight excluding hydrogens is 316 g/mol. The predicted molar refractivity (Wildman–Crippen MR) is 104 cm³/mol. The van der Waals surface area contributed by atoms with Crippen molar-refractivity contribution in [3.05, 3.63) is 59.9 Å². The Morgan fingerprint density at radius 1 is 1.21 bits per heavy atom. The zero-order chi connectivity index (χ0) is 17.2. The summed E-state index contributed by atoms with van der Waals surface area (Å²) in [6, 6.07) is 14.7. The second-order valence-corrected chi connectivity index (χ2v) is 6.39. The van der Waals surface area contributed by atoms with Gasteiger partial charge in [-0.05, 0) is 43.0 Å². The van der Waals surface area contributed by atoms with Gasteiger partial charge in [-0.1, -0.05) is 18.2 Å². The van der Waals surface area contributed by atoms with Crippen LogP contribution in [0.4, 0.5) is 0 Å². The molecule has 4 nitrogen and oxygen atoms in total. The first-order valence-electron chi connectivity index (χ1n) is 8.25. The van der Waals surface area contributed by atoms with Crippen molar-refractivity contribution in [1.82, 2.24) is 15.2 Å². The summed E-state index contributed by atoms with van der Waals surface area (Å²) in [4.78, 5) is 12.5. The topological polar surface area (TPSA) is 40.5 Å². The highest BCUT2D eigenvalue weighted by atomic mass is 32.2. The molecule has 0 atom stereocenters. The summed E-state index contributed by atoms with van der Waals surface area (Å²) in [5.74, 6) is 0.933. The Kier molecular flexibility index (Phi) is 7.62. The first-order valence-corrected chi connectivity index (χ1v) is 9.47. The fraction of sp³-hybridized carbons (Fsp3) is 0.368. The van der Waals surface area contributed by atoms with Gasteiger partial charge in [-0.25, -0.2) is 0 Å². The molecule has 1 N–H and O–H groups in total. The zero-order valence-corrected chi connectivity index (χ0v) is 15.5. The fourth-order valence-corrected chi connectivity index (χ4v) is 2.78. The number of guanidine groups is 1. The van der Waals surface area contributed by atoms with Crippen LogP contribution in [0.5, 0.6) is 0 Å². The Morgan fingerprint density at radius 2 is 2.00 bits per heavy atom. The molecule has 0 spiro atoms. The van der Waals surface area contributed by atoms with E-state index in [0.717, 1.165) is 37.7 Å². The minimum Gasteiger partial charge on any atom is -0.357 e. The number of pyridine rings is 1. The van der Waals surface area contributed by atoms with E-state index in [4.69, 9.17) is 4.99 Å². The monoisotopic (exact) mass is 342 g/mol. The minimum atomic E-state index is 0.731. The van der Waals surface area contributed by atoms with Gasteiger partial charge in [0.2, 0.25) is 0 Å². The SMILES string of the molecule is CCNC(=NCCc1ccccn1)N(C)Cc1ccc(SC)cc1. The molecule has 1 aromatic carbocycles. The Bertz CT molecular complexity index is 626. The van der Waals surface area contributed by atoms with Gasteiger partial charge in [0.05, 0.1) is 0 Å². The van der Waals surface area contributed by atoms with Crippen molar-refractivity contribution < 1.29 is 0 Å². The number of benzene rings is 1. The molecule has 1 heterocycles. The molecule has 0 fully saturated rings. The molecule has 0 saturated carbocycles. The maximum absolute atomic E-state index is 4.73. The van der Waals surface area contributed by atoms with Gasteiger partial charge in [-0.15, -0.1) is 11.8 Å². The Balaban J connectivity index is 1.95. The van der Waals surface area contributed by atoms with Crippen LogP contribution in [0.15, 0.2) is 58.5 Å². The third-order valence-corrected chi connectivity index (χ3v) is 4.37. The van der Waals surface area contributed by atoms with E-state index in [1.54, 1.807) is 11.8 Å². The maximum atomic E-state index is 4.73. The zero-order valence-electron chi connectivity index (χ0n) is 14.7. The highest BCUT2D eigenvalue weighted by Crippen LogP contribution is 2.15. The van der Waals surface area contributed by atoms with Gasteiger partial charge < -0.3 is 10.2 Å². The Labute approximate surface area is 149 Å². The van der Waals surface area contributed by atoms with Crippen LogP contribution in [0.3, 0.4) is 0 Å². The predicted octanol–water partition coefficient (Wildman–Crippen LogP) is 3.44. The van der Waals surface area contributed by atoms with Crippen LogP contribution in [-0.2, 0) is 13.0 Å². The molecule has 1 aromatic heterocycles. The second-order valence-electron chi connectivity index (χ2n) is 5.51. The summed E-state index contributed by atoms with van der Waals surface area (Å²) in [7, 11) is 2.07. The first-order chi connectivity index (χ1) is 11.7. The second kappa shape index (κ2) is 9.98. The maximum Gasteiger partial charge on any atom is 0.193 e. The van der Waals surface area contributed by atoms with Gasteiger partial charge in [-0.2, -0.15) is 0 Å². The van der Waals surface area contributed by atoms with Crippen LogP contribution in [-0.4, -0.2) is 42.2 Å². The van der Waals surface area contributed by atoms with E-state index in [2.05, 4.69) is 59.7 Å². The molecule has 0 aliphatic heterocycles. The summed E-state index contributed by atoms with van der Waals surface area (Å²) in [6.07, 6.45) is 4.78. The molecule has 2 rings (SSSR count). The number of nitrogens with one attached hydrogen (secondary N) is 1. The van der Waals surface area contributed by atoms with Crippen molar-refractivity contribution in [1.29, 1.82) is 0 Å². The number of thioether (sulfide) groups is 1. The number of hydrogen-bond donors (Lipinski definition) is 1. The molecule has 0 bridgehead atoms. The summed E-state index contributed by atoms with van der Waals surface area (Å²) >= 11 is 1.76. The Hall–Kier alpha value is -2.01. The van der Waals surface area contributed by atoms with Crippen LogP contribution in [0, 0.1) is 0 Å². The fourth-order valence-electron chi connectivity index (χ4n) is 2.37. The highest BCUT2D eigenvalue weighted by molar-refractivity contribution is 7.98. The lowest BCUT2D eigenvalue weighted by Gasteiger charge is -2.22. The van der Waals surface area contributed by atoms with E-state index in [9.17, 15) is 0 Å². The normalized spacial score (nSPS) is 11.4. The summed E-state index contributed by atoms with van der Waals surface area (Å²) in [5.41, 5.74) is 2.36. The van der Waals surface area contributed by atoms with Gasteiger partial charge in [0, 0.05) is 49.9 Å². The van der Waals surface area contributed by atoms with Crippen LogP contribution >= 0.6 is 11.8 Å². The third-order valence-electron chi connectivity index (χ3n) is 3.63. The quantitative estimate of drug-likeness (QED) is 0.475. The lowest BCUT2D eigenvalue weighted by molar-refractivity contribution is 0.477. The molecule has 2 aromatic rings. The number of hydrogen-bond acceptors (Lipinski definition) is 3. The van der Waals surface area contributed by atoms with Gasteiger partial charge in [0.15, 0.2) is 5.96 Å². The average molecular weight is 343 g/mol. The third kappa shape index (κ3) is 5.89. The van der Waals surface area contributed by atoms with Gasteiger partial charge in [-0.3, -0.25) is 9.98 Å². The van der Waals surface area contributed by atoms with Crippen LogP contribution in [0.1, 0.15) is 18.2 Å². The lowest BCUT2D eigenvalue weighted by atomic mass is 10.2. The van der Waals surface area contributed by atoms with Crippen molar-refractivity contribution in [2.45, 2.75) is 24.8 Å². The largest absolute Gasteiger partial charge is 0.357 e. The molecule has 0 unspecified atom stereocenters. The number of aliphatic imine (C=N–C) groups is 1. The molecule has 0 aliphatic rings. The van der Waals surface area contributed by atoms with E-state index in [1.807, 2.05) is 24.4 Å². The van der Waals surface area contributed by atoms with Crippen molar-refractivity contribution >= 4 is 17.7 Å². The summed E-state index contributed by atoms with van der Waals surface area (Å²) in [5, 5.41) is 3.36. The lowest BCUT2D eigenvalue weighted by Crippen LogP contribution is -2.38. The molecule has 24 heavy (non-hydrogen) atoms.